The average molecular weight is 583 g/mol. The number of nitrogen functional groups attached to an aromatic ring is 1. The Labute approximate surface area is 241 Å². The maximum absolute atomic E-state index is 13.5. The van der Waals surface area contributed by atoms with Gasteiger partial charge >= 0.3 is 0 Å². The Bertz CT molecular complexity index is 1530. The summed E-state index contributed by atoms with van der Waals surface area (Å²) in [5, 5.41) is -0.342. The Kier molecular flexibility index (Phi) is 8.83. The summed E-state index contributed by atoms with van der Waals surface area (Å²) >= 11 is 0. The first-order valence-electron chi connectivity index (χ1n) is 13.6. The Morgan fingerprint density at radius 1 is 1.15 bits per heavy atom. The Hall–Kier alpha value is -3.77. The molecule has 3 aromatic heterocycles. The summed E-state index contributed by atoms with van der Waals surface area (Å²) in [5.41, 5.74) is 7.58. The Morgan fingerprint density at radius 3 is 2.56 bits per heavy atom. The molecule has 0 aromatic carbocycles. The molecular formula is C29H38N6O5S. The van der Waals surface area contributed by atoms with Crippen LogP contribution in [-0.2, 0) is 14.8 Å². The molecule has 0 unspecified atom stereocenters. The standard InChI is InChI=1S/C29H38N6O5S/c1-18(2)39-12-13-40-25-15-21(14-20(4)31-25)23-11-10-22(27(32-23)35-17-19(3)16-29(35,5)6)28(36)34-41(37,38)26-9-7-8-24(30)33-26/h7-11,14-15,18-19H,12-13,16-17H2,1-6H3,(H2,30,33)(H,34,36)/t19-/m0/s1. The lowest BCUT2D eigenvalue weighted by atomic mass is 9.97. The Morgan fingerprint density at radius 2 is 1.90 bits per heavy atom. The fraction of sp³-hybridized carbons (Fsp3) is 0.448. The fourth-order valence-electron chi connectivity index (χ4n) is 5.05. The smallest absolute Gasteiger partial charge is 0.281 e. The molecule has 41 heavy (non-hydrogen) atoms. The third kappa shape index (κ3) is 7.31. The normalized spacial score (nSPS) is 16.7. The van der Waals surface area contributed by atoms with E-state index in [2.05, 4.69) is 40.4 Å². The first-order chi connectivity index (χ1) is 19.2. The minimum absolute atomic E-state index is 0.0308. The van der Waals surface area contributed by atoms with Crippen molar-refractivity contribution in [1.82, 2.24) is 19.7 Å². The van der Waals surface area contributed by atoms with Crippen molar-refractivity contribution in [3.05, 3.63) is 53.7 Å². The predicted molar refractivity (Wildman–Crippen MR) is 157 cm³/mol. The van der Waals surface area contributed by atoms with Gasteiger partial charge in [-0.05, 0) is 77.3 Å². The number of nitrogens with two attached hydrogens (primary N) is 1. The maximum atomic E-state index is 13.5. The van der Waals surface area contributed by atoms with E-state index in [0.29, 0.717) is 43.1 Å². The number of amides is 1. The van der Waals surface area contributed by atoms with Gasteiger partial charge in [0, 0.05) is 29.4 Å². The third-order valence-corrected chi connectivity index (χ3v) is 7.94. The number of rotatable bonds is 10. The van der Waals surface area contributed by atoms with Gasteiger partial charge in [0.2, 0.25) is 5.88 Å². The van der Waals surface area contributed by atoms with E-state index in [0.717, 1.165) is 17.7 Å². The molecule has 1 saturated heterocycles. The van der Waals surface area contributed by atoms with E-state index >= 15 is 0 Å². The van der Waals surface area contributed by atoms with Gasteiger partial charge in [0.15, 0.2) is 5.03 Å². The van der Waals surface area contributed by atoms with Crippen molar-refractivity contribution in [3.63, 3.8) is 0 Å². The van der Waals surface area contributed by atoms with Gasteiger partial charge < -0.3 is 20.1 Å². The quantitative estimate of drug-likeness (QED) is 0.336. The molecule has 0 spiro atoms. The van der Waals surface area contributed by atoms with Gasteiger partial charge in [-0.15, -0.1) is 0 Å². The molecule has 12 heteroatoms. The summed E-state index contributed by atoms with van der Waals surface area (Å²) in [4.78, 5) is 28.8. The van der Waals surface area contributed by atoms with Gasteiger partial charge in [0.05, 0.1) is 24.0 Å². The number of hydrogen-bond acceptors (Lipinski definition) is 10. The Balaban J connectivity index is 1.71. The minimum atomic E-state index is -4.27. The first-order valence-corrected chi connectivity index (χ1v) is 15.1. The highest BCUT2D eigenvalue weighted by molar-refractivity contribution is 7.90. The topological polar surface area (TPSA) is 150 Å². The zero-order valence-electron chi connectivity index (χ0n) is 24.3. The van der Waals surface area contributed by atoms with Gasteiger partial charge in [-0.1, -0.05) is 13.0 Å². The van der Waals surface area contributed by atoms with Crippen LogP contribution in [0, 0.1) is 12.8 Å². The number of nitrogens with one attached hydrogen (secondary N) is 1. The number of ether oxygens (including phenoxy) is 2. The summed E-state index contributed by atoms with van der Waals surface area (Å²) in [6, 6.07) is 11.2. The third-order valence-electron chi connectivity index (χ3n) is 6.71. The van der Waals surface area contributed by atoms with Crippen LogP contribution in [-0.4, -0.2) is 60.7 Å². The molecule has 0 radical (unpaired) electrons. The molecule has 1 aliphatic rings. The summed E-state index contributed by atoms with van der Waals surface area (Å²) < 4.78 is 39.5. The molecule has 3 aromatic rings. The highest BCUT2D eigenvalue weighted by Crippen LogP contribution is 2.38. The molecule has 4 heterocycles. The largest absolute Gasteiger partial charge is 0.475 e. The van der Waals surface area contributed by atoms with Crippen LogP contribution in [0.3, 0.4) is 0 Å². The second kappa shape index (κ2) is 12.0. The number of carbonyl (C=O) groups is 1. The van der Waals surface area contributed by atoms with Gasteiger partial charge in [-0.3, -0.25) is 4.79 Å². The second-order valence-corrected chi connectivity index (χ2v) is 12.9. The van der Waals surface area contributed by atoms with Crippen LogP contribution in [0.1, 0.15) is 57.1 Å². The molecule has 0 bridgehead atoms. The van der Waals surface area contributed by atoms with Crippen LogP contribution in [0.25, 0.3) is 11.3 Å². The maximum Gasteiger partial charge on any atom is 0.281 e. The minimum Gasteiger partial charge on any atom is -0.475 e. The number of anilines is 2. The van der Waals surface area contributed by atoms with Crippen LogP contribution < -0.4 is 20.1 Å². The monoisotopic (exact) mass is 582 g/mol. The van der Waals surface area contributed by atoms with E-state index in [-0.39, 0.29) is 28.1 Å². The van der Waals surface area contributed by atoms with Crippen LogP contribution in [0.5, 0.6) is 5.88 Å². The van der Waals surface area contributed by atoms with Gasteiger partial charge in [-0.2, -0.15) is 8.42 Å². The van der Waals surface area contributed by atoms with Crippen molar-refractivity contribution < 1.29 is 22.7 Å². The van der Waals surface area contributed by atoms with Crippen LogP contribution >= 0.6 is 0 Å². The van der Waals surface area contributed by atoms with E-state index < -0.39 is 15.9 Å². The van der Waals surface area contributed by atoms with Crippen molar-refractivity contribution >= 4 is 27.6 Å². The van der Waals surface area contributed by atoms with Crippen molar-refractivity contribution in [2.45, 2.75) is 64.6 Å². The lowest BCUT2D eigenvalue weighted by molar-refractivity contribution is 0.0542. The average Bonchev–Trinajstić information content (AvgIpc) is 3.17. The molecular weight excluding hydrogens is 544 g/mol. The van der Waals surface area contributed by atoms with Crippen LogP contribution in [0.2, 0.25) is 0 Å². The van der Waals surface area contributed by atoms with E-state index in [4.69, 9.17) is 20.2 Å². The van der Waals surface area contributed by atoms with Crippen LogP contribution in [0.4, 0.5) is 11.6 Å². The lowest BCUT2D eigenvalue weighted by Crippen LogP contribution is -2.41. The second-order valence-electron chi connectivity index (χ2n) is 11.2. The van der Waals surface area contributed by atoms with E-state index in [9.17, 15) is 13.2 Å². The highest BCUT2D eigenvalue weighted by atomic mass is 32.2. The van der Waals surface area contributed by atoms with Gasteiger partial charge in [0.1, 0.15) is 18.2 Å². The van der Waals surface area contributed by atoms with Gasteiger partial charge in [0.25, 0.3) is 15.9 Å². The lowest BCUT2D eigenvalue weighted by Gasteiger charge is -2.34. The summed E-state index contributed by atoms with van der Waals surface area (Å²) in [5.74, 6) is 0.408. The van der Waals surface area contributed by atoms with Crippen molar-refractivity contribution in [3.8, 4) is 17.1 Å². The van der Waals surface area contributed by atoms with E-state index in [1.54, 1.807) is 18.2 Å². The van der Waals surface area contributed by atoms with Crippen molar-refractivity contribution in [2.24, 2.45) is 5.92 Å². The van der Waals surface area contributed by atoms with E-state index in [1.807, 2.05) is 26.8 Å². The molecule has 1 fully saturated rings. The molecule has 0 saturated carbocycles. The molecule has 1 aliphatic heterocycles. The molecule has 3 N–H and O–H groups in total. The number of pyridine rings is 3. The van der Waals surface area contributed by atoms with Crippen LogP contribution in [0.15, 0.2) is 47.5 Å². The fourth-order valence-corrected chi connectivity index (χ4v) is 5.99. The first kappa shape index (κ1) is 30.2. The van der Waals surface area contributed by atoms with Crippen molar-refractivity contribution in [2.75, 3.05) is 30.4 Å². The number of sulfonamides is 1. The molecule has 220 valence electrons. The number of aromatic nitrogens is 3. The number of aryl methyl sites for hydroxylation is 1. The molecule has 0 aliphatic carbocycles. The van der Waals surface area contributed by atoms with E-state index in [1.165, 1.54) is 18.2 Å². The number of hydrogen-bond donors (Lipinski definition) is 2. The molecule has 1 atom stereocenters. The predicted octanol–water partition coefficient (Wildman–Crippen LogP) is 3.98. The van der Waals surface area contributed by atoms with Crippen molar-refractivity contribution in [1.29, 1.82) is 0 Å². The number of nitrogens with zero attached hydrogens (tertiary/aromatic N) is 4. The van der Waals surface area contributed by atoms with Gasteiger partial charge in [-0.25, -0.2) is 19.7 Å². The summed E-state index contributed by atoms with van der Waals surface area (Å²) in [6.07, 6.45) is 0.989. The number of carbonyl (C=O) groups excluding carboxylic acids is 1. The zero-order chi connectivity index (χ0) is 29.9. The summed E-state index contributed by atoms with van der Waals surface area (Å²) in [7, 11) is -4.27. The molecule has 4 rings (SSSR count). The zero-order valence-corrected chi connectivity index (χ0v) is 25.2. The SMILES string of the molecule is Cc1cc(-c2ccc(C(=O)NS(=O)(=O)c3cccc(N)n3)c(N3C[C@@H](C)CC3(C)C)n2)cc(OCCOC(C)C)n1. The molecule has 1 amide bonds. The molecule has 11 nitrogen and oxygen atoms in total. The highest BCUT2D eigenvalue weighted by Gasteiger charge is 2.39. The summed E-state index contributed by atoms with van der Waals surface area (Å²) in [6.45, 7) is 13.5.